The van der Waals surface area contributed by atoms with Crippen molar-refractivity contribution in [3.8, 4) is 0 Å². The lowest BCUT2D eigenvalue weighted by molar-refractivity contribution is -0.132. The second-order valence-electron chi connectivity index (χ2n) is 6.81. The zero-order chi connectivity index (χ0) is 17.7. The van der Waals surface area contributed by atoms with Gasteiger partial charge in [-0.05, 0) is 42.5 Å². The number of carbonyl (C=O) groups is 2. The summed E-state index contributed by atoms with van der Waals surface area (Å²) in [5.74, 6) is -0.158. The average Bonchev–Trinajstić information content (AvgIpc) is 3.17. The highest BCUT2D eigenvalue weighted by Gasteiger charge is 2.53. The molecule has 0 unspecified atom stereocenters. The Kier molecular flexibility index (Phi) is 3.37. The zero-order valence-electron chi connectivity index (χ0n) is 14.1. The number of nitrogens with zero attached hydrogens (tertiary/aromatic N) is 2. The summed E-state index contributed by atoms with van der Waals surface area (Å²) in [6.45, 7) is 0.216. The Bertz CT molecular complexity index is 1010. The van der Waals surface area contributed by atoms with Gasteiger partial charge in [0, 0.05) is 0 Å². The van der Waals surface area contributed by atoms with Gasteiger partial charge in [-0.25, -0.2) is 9.78 Å². The number of imide groups is 1. The van der Waals surface area contributed by atoms with Crippen molar-refractivity contribution in [3.63, 3.8) is 0 Å². The van der Waals surface area contributed by atoms with Crippen molar-refractivity contribution < 1.29 is 9.59 Å². The van der Waals surface area contributed by atoms with Crippen LogP contribution in [0.3, 0.4) is 0 Å². The first-order valence-electron chi connectivity index (χ1n) is 8.74. The molecule has 2 aliphatic rings. The van der Waals surface area contributed by atoms with E-state index in [4.69, 9.17) is 0 Å². The maximum atomic E-state index is 13.3. The number of aromatic nitrogens is 1. The second-order valence-corrected chi connectivity index (χ2v) is 7.93. The summed E-state index contributed by atoms with van der Waals surface area (Å²) in [7, 11) is 0. The third-order valence-electron chi connectivity index (χ3n) is 5.28. The number of hydrogen-bond donors (Lipinski definition) is 1. The molecule has 1 N–H and O–H groups in total. The number of nitrogens with one attached hydrogen (secondary N) is 1. The number of thiazole rings is 1. The molecule has 5 rings (SSSR count). The second kappa shape index (κ2) is 5.64. The lowest BCUT2D eigenvalue weighted by Gasteiger charge is -2.33. The maximum Gasteiger partial charge on any atom is 0.325 e. The van der Waals surface area contributed by atoms with E-state index in [-0.39, 0.29) is 18.5 Å². The lowest BCUT2D eigenvalue weighted by atomic mass is 9.76. The number of benzene rings is 2. The van der Waals surface area contributed by atoms with Gasteiger partial charge in [0.1, 0.15) is 10.5 Å². The third kappa shape index (κ3) is 2.18. The minimum Gasteiger partial charge on any atom is -0.319 e. The predicted molar refractivity (Wildman–Crippen MR) is 99.8 cm³/mol. The molecular weight excluding hydrogens is 346 g/mol. The zero-order valence-corrected chi connectivity index (χ0v) is 14.9. The van der Waals surface area contributed by atoms with E-state index >= 15 is 0 Å². The number of para-hydroxylation sites is 1. The Morgan fingerprint density at radius 3 is 2.81 bits per heavy atom. The molecular formula is C20H17N3O2S. The van der Waals surface area contributed by atoms with Crippen LogP contribution in [0, 0.1) is 0 Å². The van der Waals surface area contributed by atoms with E-state index in [1.54, 1.807) is 0 Å². The molecule has 3 amide bonds. The van der Waals surface area contributed by atoms with E-state index in [1.807, 2.05) is 48.5 Å². The molecule has 26 heavy (non-hydrogen) atoms. The summed E-state index contributed by atoms with van der Waals surface area (Å²) in [6, 6.07) is 15.5. The van der Waals surface area contributed by atoms with Crippen LogP contribution >= 0.6 is 11.3 Å². The van der Waals surface area contributed by atoms with Gasteiger partial charge in [-0.3, -0.25) is 9.69 Å². The van der Waals surface area contributed by atoms with Crippen LogP contribution in [0.4, 0.5) is 4.79 Å². The molecule has 6 heteroatoms. The highest BCUT2D eigenvalue weighted by Crippen LogP contribution is 2.40. The van der Waals surface area contributed by atoms with Gasteiger partial charge in [-0.2, -0.15) is 0 Å². The normalized spacial score (nSPS) is 22.1. The Morgan fingerprint density at radius 1 is 1.12 bits per heavy atom. The van der Waals surface area contributed by atoms with E-state index in [2.05, 4.69) is 10.3 Å². The minimum absolute atomic E-state index is 0.158. The first kappa shape index (κ1) is 15.5. The fourth-order valence-corrected chi connectivity index (χ4v) is 5.03. The van der Waals surface area contributed by atoms with Crippen LogP contribution < -0.4 is 5.32 Å². The molecule has 5 nitrogen and oxygen atoms in total. The molecule has 0 saturated carbocycles. The molecule has 1 fully saturated rings. The standard InChI is InChI=1S/C20H17N3O2S/c24-18-20(11-5-7-13-6-1-2-8-14(13)20)22-19(25)23(18)12-17-21-15-9-3-4-10-16(15)26-17/h1-4,6,8-10H,5,7,11-12H2,(H,22,25)/t20-/m1/s1. The summed E-state index contributed by atoms with van der Waals surface area (Å²) in [4.78, 5) is 31.8. The first-order chi connectivity index (χ1) is 12.7. The number of fused-ring (bicyclic) bond motifs is 3. The van der Waals surface area contributed by atoms with Crippen molar-refractivity contribution in [2.24, 2.45) is 0 Å². The Balaban J connectivity index is 1.51. The number of aryl methyl sites for hydroxylation is 1. The Hall–Kier alpha value is -2.73. The highest BCUT2D eigenvalue weighted by atomic mass is 32.1. The van der Waals surface area contributed by atoms with E-state index in [0.29, 0.717) is 6.42 Å². The fraction of sp³-hybridized carbons (Fsp3) is 0.250. The van der Waals surface area contributed by atoms with Crippen LogP contribution in [0.25, 0.3) is 10.2 Å². The molecule has 1 atom stereocenters. The minimum atomic E-state index is -0.914. The topological polar surface area (TPSA) is 62.3 Å². The SMILES string of the molecule is O=C1N[C@@]2(CCCc3ccccc32)C(=O)N1Cc1nc2ccccc2s1. The van der Waals surface area contributed by atoms with Crippen molar-refractivity contribution >= 4 is 33.5 Å². The van der Waals surface area contributed by atoms with E-state index in [0.717, 1.165) is 39.2 Å². The number of hydrogen-bond acceptors (Lipinski definition) is 4. The van der Waals surface area contributed by atoms with Crippen LogP contribution in [0.5, 0.6) is 0 Å². The molecule has 1 spiro atoms. The molecule has 2 heterocycles. The third-order valence-corrected chi connectivity index (χ3v) is 6.30. The molecule has 0 bridgehead atoms. The van der Waals surface area contributed by atoms with Crippen molar-refractivity contribution in [2.75, 3.05) is 0 Å². The molecule has 1 aromatic heterocycles. The first-order valence-corrected chi connectivity index (χ1v) is 9.56. The van der Waals surface area contributed by atoms with E-state index < -0.39 is 5.54 Å². The fourth-order valence-electron chi connectivity index (χ4n) is 4.08. The Morgan fingerprint density at radius 2 is 1.92 bits per heavy atom. The summed E-state index contributed by atoms with van der Waals surface area (Å²) >= 11 is 1.52. The number of urea groups is 1. The quantitative estimate of drug-likeness (QED) is 0.708. The summed E-state index contributed by atoms with van der Waals surface area (Å²) in [5, 5.41) is 3.77. The monoisotopic (exact) mass is 363 g/mol. The average molecular weight is 363 g/mol. The van der Waals surface area contributed by atoms with Crippen molar-refractivity contribution in [3.05, 3.63) is 64.7 Å². The molecule has 0 radical (unpaired) electrons. The largest absolute Gasteiger partial charge is 0.325 e. The van der Waals surface area contributed by atoms with Gasteiger partial charge in [0.05, 0.1) is 16.8 Å². The lowest BCUT2D eigenvalue weighted by Crippen LogP contribution is -2.46. The van der Waals surface area contributed by atoms with Crippen LogP contribution in [-0.2, 0) is 23.3 Å². The molecule has 1 saturated heterocycles. The van der Waals surface area contributed by atoms with Crippen molar-refractivity contribution in [1.82, 2.24) is 15.2 Å². The predicted octanol–water partition coefficient (Wildman–Crippen LogP) is 3.58. The summed E-state index contributed by atoms with van der Waals surface area (Å²) < 4.78 is 1.06. The van der Waals surface area contributed by atoms with Crippen molar-refractivity contribution in [1.29, 1.82) is 0 Å². The van der Waals surface area contributed by atoms with Gasteiger partial charge in [-0.1, -0.05) is 36.4 Å². The van der Waals surface area contributed by atoms with Crippen LogP contribution in [0.15, 0.2) is 48.5 Å². The van der Waals surface area contributed by atoms with Gasteiger partial charge in [0.25, 0.3) is 5.91 Å². The smallest absolute Gasteiger partial charge is 0.319 e. The van der Waals surface area contributed by atoms with Crippen LogP contribution in [0.2, 0.25) is 0 Å². The summed E-state index contributed by atoms with van der Waals surface area (Å²) in [5.41, 5.74) is 2.07. The van der Waals surface area contributed by atoms with Crippen LogP contribution in [0.1, 0.15) is 29.0 Å². The van der Waals surface area contributed by atoms with E-state index in [1.165, 1.54) is 16.2 Å². The number of carbonyl (C=O) groups excluding carboxylic acids is 2. The van der Waals surface area contributed by atoms with E-state index in [9.17, 15) is 9.59 Å². The maximum absolute atomic E-state index is 13.3. The van der Waals surface area contributed by atoms with Crippen LogP contribution in [-0.4, -0.2) is 21.8 Å². The van der Waals surface area contributed by atoms with Gasteiger partial charge < -0.3 is 5.32 Å². The van der Waals surface area contributed by atoms with Gasteiger partial charge in [-0.15, -0.1) is 11.3 Å². The van der Waals surface area contributed by atoms with Crippen molar-refractivity contribution in [2.45, 2.75) is 31.3 Å². The Labute approximate surface area is 154 Å². The molecule has 2 aromatic carbocycles. The summed E-state index contributed by atoms with van der Waals surface area (Å²) in [6.07, 6.45) is 2.47. The van der Waals surface area contributed by atoms with Gasteiger partial charge in [0.2, 0.25) is 0 Å². The molecule has 1 aliphatic heterocycles. The molecule has 1 aliphatic carbocycles. The van der Waals surface area contributed by atoms with Gasteiger partial charge in [0.15, 0.2) is 0 Å². The van der Waals surface area contributed by atoms with Gasteiger partial charge >= 0.3 is 6.03 Å². The highest BCUT2D eigenvalue weighted by molar-refractivity contribution is 7.18. The molecule has 3 aromatic rings. The number of amides is 3. The molecule has 130 valence electrons. The number of rotatable bonds is 2.